The first-order valence-electron chi connectivity index (χ1n) is 10.2. The summed E-state index contributed by atoms with van der Waals surface area (Å²) < 4.78 is 16.8. The fourth-order valence-corrected chi connectivity index (χ4v) is 3.79. The van der Waals surface area contributed by atoms with Gasteiger partial charge in [-0.25, -0.2) is 14.1 Å². The maximum atomic E-state index is 13.4. The molecule has 0 atom stereocenters. The minimum atomic E-state index is -0.332. The van der Waals surface area contributed by atoms with E-state index >= 15 is 0 Å². The average Bonchev–Trinajstić information content (AvgIpc) is 3.56. The number of nitrogens with zero attached hydrogens (tertiary/aromatic N) is 5. The Hall–Kier alpha value is -3.94. The van der Waals surface area contributed by atoms with Crippen molar-refractivity contribution in [3.63, 3.8) is 0 Å². The molecule has 1 saturated heterocycles. The highest BCUT2D eigenvalue weighted by atomic mass is 19.1. The summed E-state index contributed by atoms with van der Waals surface area (Å²) in [5.41, 5.74) is 1.66. The van der Waals surface area contributed by atoms with Crippen molar-refractivity contribution in [1.82, 2.24) is 19.3 Å². The van der Waals surface area contributed by atoms with Gasteiger partial charge in [-0.05, 0) is 61.4 Å². The molecule has 0 unspecified atom stereocenters. The summed E-state index contributed by atoms with van der Waals surface area (Å²) in [6.07, 6.45) is 9.21. The quantitative estimate of drug-likeness (QED) is 0.533. The van der Waals surface area contributed by atoms with Crippen LogP contribution in [0.2, 0.25) is 0 Å². The molecule has 1 aromatic carbocycles. The van der Waals surface area contributed by atoms with Gasteiger partial charge in [0.1, 0.15) is 17.2 Å². The number of rotatable bonds is 5. The van der Waals surface area contributed by atoms with E-state index in [1.165, 1.54) is 31.2 Å². The van der Waals surface area contributed by atoms with Crippen LogP contribution < -0.4 is 10.2 Å². The molecule has 5 rings (SSSR count). The summed E-state index contributed by atoms with van der Waals surface area (Å²) in [7, 11) is 0. The van der Waals surface area contributed by atoms with Crippen LogP contribution in [0.3, 0.4) is 0 Å². The monoisotopic (exact) mass is 416 g/mol. The summed E-state index contributed by atoms with van der Waals surface area (Å²) in [5, 5.41) is 7.30. The summed E-state index contributed by atoms with van der Waals surface area (Å²) in [6.45, 7) is 2.03. The molecule has 0 bridgehead atoms. The van der Waals surface area contributed by atoms with Gasteiger partial charge < -0.3 is 14.8 Å². The number of carbonyl (C=O) groups excluding carboxylic acids is 1. The Labute approximate surface area is 178 Å². The molecule has 1 aliphatic heterocycles. The summed E-state index contributed by atoms with van der Waals surface area (Å²) in [5.74, 6) is 0.859. The Balaban J connectivity index is 1.44. The lowest BCUT2D eigenvalue weighted by Crippen LogP contribution is -2.19. The van der Waals surface area contributed by atoms with Crippen LogP contribution in [0.15, 0.2) is 73.3 Å². The van der Waals surface area contributed by atoms with Gasteiger partial charge >= 0.3 is 0 Å². The second-order valence-corrected chi connectivity index (χ2v) is 7.41. The van der Waals surface area contributed by atoms with Crippen molar-refractivity contribution in [2.24, 2.45) is 0 Å². The number of hydrogen-bond donors (Lipinski definition) is 1. The number of amides is 1. The van der Waals surface area contributed by atoms with Gasteiger partial charge in [-0.3, -0.25) is 4.79 Å². The summed E-state index contributed by atoms with van der Waals surface area (Å²) in [4.78, 5) is 19.8. The van der Waals surface area contributed by atoms with Crippen molar-refractivity contribution in [2.45, 2.75) is 12.8 Å². The molecule has 156 valence electrons. The Morgan fingerprint density at radius 1 is 0.968 bits per heavy atom. The Kier molecular flexibility index (Phi) is 4.95. The normalized spacial score (nSPS) is 13.5. The van der Waals surface area contributed by atoms with Crippen LogP contribution in [0.5, 0.6) is 0 Å². The zero-order valence-electron chi connectivity index (χ0n) is 16.8. The molecule has 0 saturated carbocycles. The number of benzene rings is 1. The van der Waals surface area contributed by atoms with Gasteiger partial charge in [0.15, 0.2) is 5.82 Å². The van der Waals surface area contributed by atoms with Gasteiger partial charge in [0.05, 0.1) is 23.8 Å². The molecule has 1 amide bonds. The minimum Gasteiger partial charge on any atom is -0.357 e. The van der Waals surface area contributed by atoms with Crippen LogP contribution in [0.1, 0.15) is 23.2 Å². The van der Waals surface area contributed by atoms with E-state index < -0.39 is 0 Å². The molecule has 1 aliphatic rings. The van der Waals surface area contributed by atoms with E-state index in [-0.39, 0.29) is 11.7 Å². The Morgan fingerprint density at radius 2 is 1.71 bits per heavy atom. The fourth-order valence-electron chi connectivity index (χ4n) is 3.79. The van der Waals surface area contributed by atoms with Crippen LogP contribution in [-0.2, 0) is 0 Å². The molecule has 0 radical (unpaired) electrons. The van der Waals surface area contributed by atoms with E-state index in [9.17, 15) is 9.18 Å². The van der Waals surface area contributed by atoms with Crippen LogP contribution in [0.25, 0.3) is 11.5 Å². The Bertz CT molecular complexity index is 1180. The van der Waals surface area contributed by atoms with Gasteiger partial charge in [-0.2, -0.15) is 5.10 Å². The predicted octanol–water partition coefficient (Wildman–Crippen LogP) is 4.05. The zero-order chi connectivity index (χ0) is 21.2. The van der Waals surface area contributed by atoms with Crippen molar-refractivity contribution in [3.8, 4) is 11.5 Å². The third-order valence-electron chi connectivity index (χ3n) is 5.34. The van der Waals surface area contributed by atoms with E-state index in [1.807, 2.05) is 36.7 Å². The van der Waals surface area contributed by atoms with Crippen molar-refractivity contribution in [2.75, 3.05) is 23.3 Å². The molecule has 4 aromatic rings. The van der Waals surface area contributed by atoms with Crippen LogP contribution in [0, 0.1) is 5.82 Å². The molecule has 3 aromatic heterocycles. The van der Waals surface area contributed by atoms with Crippen LogP contribution in [-0.4, -0.2) is 38.3 Å². The minimum absolute atomic E-state index is 0.298. The number of carbonyl (C=O) groups is 1. The molecule has 7 nitrogen and oxygen atoms in total. The lowest BCUT2D eigenvalue weighted by atomic mass is 10.2. The third kappa shape index (κ3) is 3.79. The molecule has 1 fully saturated rings. The standard InChI is InChI=1S/C23H21FN6O/c24-17-5-8-19(9-6-17)30-23(29-13-3-4-14-29)20(16-26-30)22(31)27-18-7-10-21(25-15-18)28-11-1-2-12-28/h3-10,13-16H,1-2,11-12H2,(H,27,31). The number of nitrogens with one attached hydrogen (secondary N) is 1. The number of halogens is 1. The average molecular weight is 416 g/mol. The molecule has 8 heteroatoms. The van der Waals surface area contributed by atoms with E-state index in [0.29, 0.717) is 22.8 Å². The highest BCUT2D eigenvalue weighted by Gasteiger charge is 2.20. The molecule has 4 heterocycles. The SMILES string of the molecule is O=C(Nc1ccc(N2CCCC2)nc1)c1cnn(-c2ccc(F)cc2)c1-n1cccc1. The molecular formula is C23H21FN6O. The smallest absolute Gasteiger partial charge is 0.261 e. The molecule has 0 spiro atoms. The highest BCUT2D eigenvalue weighted by Crippen LogP contribution is 2.23. The topological polar surface area (TPSA) is 68.0 Å². The van der Waals surface area contributed by atoms with Crippen molar-refractivity contribution >= 4 is 17.4 Å². The van der Waals surface area contributed by atoms with Crippen LogP contribution >= 0.6 is 0 Å². The number of anilines is 2. The molecule has 0 aliphatic carbocycles. The second-order valence-electron chi connectivity index (χ2n) is 7.41. The maximum Gasteiger partial charge on any atom is 0.261 e. The van der Waals surface area contributed by atoms with Gasteiger partial charge in [0.2, 0.25) is 0 Å². The number of aromatic nitrogens is 4. The molecule has 1 N–H and O–H groups in total. The van der Waals surface area contributed by atoms with E-state index in [0.717, 1.165) is 18.9 Å². The maximum absolute atomic E-state index is 13.4. The van der Waals surface area contributed by atoms with Gasteiger partial charge in [0, 0.05) is 25.5 Å². The Morgan fingerprint density at radius 3 is 2.39 bits per heavy atom. The van der Waals surface area contributed by atoms with Crippen molar-refractivity contribution in [3.05, 3.63) is 84.7 Å². The lowest BCUT2D eigenvalue weighted by Gasteiger charge is -2.16. The second kappa shape index (κ2) is 8.06. The first-order valence-corrected chi connectivity index (χ1v) is 10.2. The summed E-state index contributed by atoms with van der Waals surface area (Å²) in [6, 6.07) is 13.5. The first kappa shape index (κ1) is 19.0. The molecular weight excluding hydrogens is 395 g/mol. The third-order valence-corrected chi connectivity index (χ3v) is 5.34. The highest BCUT2D eigenvalue weighted by molar-refractivity contribution is 6.06. The zero-order valence-corrected chi connectivity index (χ0v) is 16.8. The first-order chi connectivity index (χ1) is 15.2. The van der Waals surface area contributed by atoms with Crippen LogP contribution in [0.4, 0.5) is 15.9 Å². The van der Waals surface area contributed by atoms with Gasteiger partial charge in [0.25, 0.3) is 5.91 Å². The molecule has 31 heavy (non-hydrogen) atoms. The largest absolute Gasteiger partial charge is 0.357 e. The fraction of sp³-hybridized carbons (Fsp3) is 0.174. The van der Waals surface area contributed by atoms with E-state index in [1.54, 1.807) is 27.6 Å². The predicted molar refractivity (Wildman–Crippen MR) is 116 cm³/mol. The summed E-state index contributed by atoms with van der Waals surface area (Å²) >= 11 is 0. The van der Waals surface area contributed by atoms with Crippen molar-refractivity contribution < 1.29 is 9.18 Å². The number of pyridine rings is 1. The van der Waals surface area contributed by atoms with Gasteiger partial charge in [-0.15, -0.1) is 0 Å². The van der Waals surface area contributed by atoms with E-state index in [4.69, 9.17) is 0 Å². The van der Waals surface area contributed by atoms with Gasteiger partial charge in [-0.1, -0.05) is 0 Å². The van der Waals surface area contributed by atoms with Crippen molar-refractivity contribution in [1.29, 1.82) is 0 Å². The number of hydrogen-bond acceptors (Lipinski definition) is 4. The lowest BCUT2D eigenvalue weighted by molar-refractivity contribution is 0.102. The van der Waals surface area contributed by atoms with E-state index in [2.05, 4.69) is 20.3 Å².